The summed E-state index contributed by atoms with van der Waals surface area (Å²) in [7, 11) is 0. The maximum atomic E-state index is 6.63. The van der Waals surface area contributed by atoms with E-state index in [-0.39, 0.29) is 6.04 Å². The van der Waals surface area contributed by atoms with Gasteiger partial charge in [0.25, 0.3) is 0 Å². The number of nitrogens with zero attached hydrogens (tertiary/aromatic N) is 2. The molecule has 1 fully saturated rings. The Morgan fingerprint density at radius 1 is 1.00 bits per heavy atom. The number of para-hydroxylation sites is 1. The van der Waals surface area contributed by atoms with Crippen LogP contribution in [0.2, 0.25) is 5.02 Å². The maximum absolute atomic E-state index is 6.63. The lowest BCUT2D eigenvalue weighted by molar-refractivity contribution is 0.487. The Hall–Kier alpha value is -2.78. The van der Waals surface area contributed by atoms with Crippen molar-refractivity contribution >= 4 is 29.1 Å². The summed E-state index contributed by atoms with van der Waals surface area (Å²) in [6.45, 7) is 0. The van der Waals surface area contributed by atoms with Crippen LogP contribution < -0.4 is 5.01 Å². The molecule has 0 unspecified atom stereocenters. The number of benzene rings is 2. The normalized spacial score (nSPS) is 23.0. The summed E-state index contributed by atoms with van der Waals surface area (Å²) in [5, 5.41) is 8.08. The number of fused-ring (bicyclic) bond motifs is 1. The zero-order valence-corrected chi connectivity index (χ0v) is 16.2. The van der Waals surface area contributed by atoms with Crippen molar-refractivity contribution in [2.45, 2.75) is 25.3 Å². The summed E-state index contributed by atoms with van der Waals surface area (Å²) in [6.07, 6.45) is 7.12. The molecule has 4 heteroatoms. The topological polar surface area (TPSA) is 28.7 Å². The number of allylic oxidation sites excluding steroid dienone is 1. The molecular weight excluding hydrogens is 368 g/mol. The predicted octanol–water partition coefficient (Wildman–Crippen LogP) is 6.73. The SMILES string of the molecule is Clc1ccccc1[C@@H]1[C@H]2CCC/C(=C\c3ccco3)C2=NN1c1ccccc1. The second-order valence-electron chi connectivity index (χ2n) is 7.32. The fourth-order valence-electron chi connectivity index (χ4n) is 4.36. The second-order valence-corrected chi connectivity index (χ2v) is 7.72. The molecule has 1 aromatic heterocycles. The Labute approximate surface area is 169 Å². The molecule has 0 radical (unpaired) electrons. The summed E-state index contributed by atoms with van der Waals surface area (Å²) >= 11 is 6.63. The summed E-state index contributed by atoms with van der Waals surface area (Å²) in [5.74, 6) is 1.20. The summed E-state index contributed by atoms with van der Waals surface area (Å²) in [4.78, 5) is 0. The smallest absolute Gasteiger partial charge is 0.126 e. The molecule has 3 aromatic rings. The number of hydrazone groups is 1. The van der Waals surface area contributed by atoms with Gasteiger partial charge in [-0.2, -0.15) is 5.10 Å². The van der Waals surface area contributed by atoms with E-state index in [4.69, 9.17) is 21.1 Å². The third-order valence-electron chi connectivity index (χ3n) is 5.61. The van der Waals surface area contributed by atoms with Gasteiger partial charge in [0, 0.05) is 10.9 Å². The van der Waals surface area contributed by atoms with Crippen molar-refractivity contribution in [1.29, 1.82) is 0 Å². The van der Waals surface area contributed by atoms with Gasteiger partial charge < -0.3 is 4.42 Å². The molecule has 140 valence electrons. The molecule has 0 amide bonds. The Morgan fingerprint density at radius 3 is 2.61 bits per heavy atom. The first-order valence-electron chi connectivity index (χ1n) is 9.73. The third-order valence-corrected chi connectivity index (χ3v) is 5.95. The van der Waals surface area contributed by atoms with E-state index in [1.54, 1.807) is 6.26 Å². The van der Waals surface area contributed by atoms with Crippen molar-refractivity contribution in [2.24, 2.45) is 11.0 Å². The molecule has 2 aromatic carbocycles. The fourth-order valence-corrected chi connectivity index (χ4v) is 4.61. The van der Waals surface area contributed by atoms with Gasteiger partial charge >= 0.3 is 0 Å². The first-order valence-corrected chi connectivity index (χ1v) is 10.1. The molecule has 0 saturated heterocycles. The zero-order chi connectivity index (χ0) is 18.9. The van der Waals surface area contributed by atoms with E-state index in [0.717, 1.165) is 47.0 Å². The van der Waals surface area contributed by atoms with Crippen LogP contribution in [0.25, 0.3) is 6.08 Å². The molecule has 5 rings (SSSR count). The van der Waals surface area contributed by atoms with Crippen molar-refractivity contribution < 1.29 is 4.42 Å². The van der Waals surface area contributed by atoms with E-state index in [1.807, 2.05) is 30.3 Å². The van der Waals surface area contributed by atoms with E-state index in [1.165, 1.54) is 5.57 Å². The molecule has 2 heterocycles. The summed E-state index contributed by atoms with van der Waals surface area (Å²) < 4.78 is 5.56. The van der Waals surface area contributed by atoms with Crippen LogP contribution in [0.3, 0.4) is 0 Å². The lowest BCUT2D eigenvalue weighted by Gasteiger charge is -2.31. The number of hydrogen-bond donors (Lipinski definition) is 0. The monoisotopic (exact) mass is 388 g/mol. The van der Waals surface area contributed by atoms with Crippen molar-refractivity contribution in [3.05, 3.63) is 94.9 Å². The van der Waals surface area contributed by atoms with Gasteiger partial charge in [-0.1, -0.05) is 48.0 Å². The average molecular weight is 389 g/mol. The van der Waals surface area contributed by atoms with Gasteiger partial charge in [-0.3, -0.25) is 5.01 Å². The van der Waals surface area contributed by atoms with Crippen LogP contribution in [-0.4, -0.2) is 5.71 Å². The highest BCUT2D eigenvalue weighted by Gasteiger charge is 2.42. The molecule has 3 nitrogen and oxygen atoms in total. The summed E-state index contributed by atoms with van der Waals surface area (Å²) in [6, 6.07) is 22.5. The number of hydrogen-bond acceptors (Lipinski definition) is 3. The first kappa shape index (κ1) is 17.3. The Balaban J connectivity index is 1.62. The predicted molar refractivity (Wildman–Crippen MR) is 115 cm³/mol. The Morgan fingerprint density at radius 2 is 1.82 bits per heavy atom. The van der Waals surface area contributed by atoms with Crippen LogP contribution in [0, 0.1) is 5.92 Å². The largest absolute Gasteiger partial charge is 0.465 e. The number of furan rings is 1. The highest BCUT2D eigenvalue weighted by atomic mass is 35.5. The van der Waals surface area contributed by atoms with E-state index in [0.29, 0.717) is 5.92 Å². The molecule has 1 saturated carbocycles. The van der Waals surface area contributed by atoms with Crippen molar-refractivity contribution in [3.63, 3.8) is 0 Å². The minimum atomic E-state index is 0.103. The standard InChI is InChI=1S/C24H21ClN2O/c25-22-14-5-4-12-20(22)24-21-13-6-8-17(16-19-11-7-15-28-19)23(21)26-27(24)18-9-2-1-3-10-18/h1-5,7,9-12,14-16,21,24H,6,8,13H2/b17-16+/t21-,24+/m0/s1. The van der Waals surface area contributed by atoms with Gasteiger partial charge in [0.05, 0.1) is 23.7 Å². The maximum Gasteiger partial charge on any atom is 0.126 e. The lowest BCUT2D eigenvalue weighted by atomic mass is 9.77. The van der Waals surface area contributed by atoms with Gasteiger partial charge in [-0.25, -0.2) is 0 Å². The van der Waals surface area contributed by atoms with Crippen LogP contribution >= 0.6 is 11.6 Å². The quantitative estimate of drug-likeness (QED) is 0.497. The minimum Gasteiger partial charge on any atom is -0.465 e. The minimum absolute atomic E-state index is 0.103. The first-order chi connectivity index (χ1) is 13.8. The van der Waals surface area contributed by atoms with Gasteiger partial charge in [0.2, 0.25) is 0 Å². The molecule has 0 N–H and O–H groups in total. The number of halogens is 1. The zero-order valence-electron chi connectivity index (χ0n) is 15.5. The van der Waals surface area contributed by atoms with Crippen LogP contribution in [0.1, 0.15) is 36.6 Å². The molecular formula is C24H21ClN2O. The van der Waals surface area contributed by atoms with Crippen molar-refractivity contribution in [3.8, 4) is 0 Å². The Kier molecular flexibility index (Phi) is 4.53. The highest BCUT2D eigenvalue weighted by molar-refractivity contribution is 6.31. The van der Waals surface area contributed by atoms with Gasteiger partial charge in [-0.15, -0.1) is 0 Å². The van der Waals surface area contributed by atoms with Crippen LogP contribution in [-0.2, 0) is 0 Å². The van der Waals surface area contributed by atoms with Crippen molar-refractivity contribution in [2.75, 3.05) is 5.01 Å². The van der Waals surface area contributed by atoms with E-state index < -0.39 is 0 Å². The number of anilines is 1. The molecule has 1 aliphatic carbocycles. The third kappa shape index (κ3) is 3.06. The molecule has 28 heavy (non-hydrogen) atoms. The highest BCUT2D eigenvalue weighted by Crippen LogP contribution is 2.47. The van der Waals surface area contributed by atoms with Gasteiger partial charge in [0.15, 0.2) is 0 Å². The van der Waals surface area contributed by atoms with Crippen molar-refractivity contribution in [1.82, 2.24) is 0 Å². The average Bonchev–Trinajstić information content (AvgIpc) is 3.37. The fraction of sp³-hybridized carbons (Fsp3) is 0.208. The lowest BCUT2D eigenvalue weighted by Crippen LogP contribution is -2.28. The summed E-state index contributed by atoms with van der Waals surface area (Å²) in [5.41, 5.74) is 4.65. The van der Waals surface area contributed by atoms with Crippen LogP contribution in [0.15, 0.2) is 88.1 Å². The molecule has 1 aliphatic heterocycles. The second kappa shape index (κ2) is 7.33. The van der Waals surface area contributed by atoms with E-state index in [2.05, 4.69) is 47.5 Å². The molecule has 0 bridgehead atoms. The van der Waals surface area contributed by atoms with E-state index >= 15 is 0 Å². The molecule has 0 spiro atoms. The van der Waals surface area contributed by atoms with Crippen LogP contribution in [0.5, 0.6) is 0 Å². The van der Waals surface area contributed by atoms with E-state index in [9.17, 15) is 0 Å². The van der Waals surface area contributed by atoms with Gasteiger partial charge in [0.1, 0.15) is 5.76 Å². The van der Waals surface area contributed by atoms with Crippen LogP contribution in [0.4, 0.5) is 5.69 Å². The number of rotatable bonds is 3. The molecule has 2 aliphatic rings. The van der Waals surface area contributed by atoms with Gasteiger partial charge in [-0.05, 0) is 66.8 Å². The Bertz CT molecular complexity index is 1020. The molecule has 2 atom stereocenters.